The number of halogens is 2. The van der Waals surface area contributed by atoms with E-state index in [1.165, 1.54) is 18.2 Å². The maximum Gasteiger partial charge on any atom is 0.223 e. The molecule has 1 aromatic heterocycles. The van der Waals surface area contributed by atoms with Gasteiger partial charge < -0.3 is 14.8 Å². The topological polar surface area (TPSA) is 39.3 Å². The molecule has 0 atom stereocenters. The number of amides is 1. The third kappa shape index (κ3) is 4.33. The van der Waals surface area contributed by atoms with E-state index in [9.17, 15) is 13.6 Å². The fourth-order valence-corrected chi connectivity index (χ4v) is 4.62. The highest BCUT2D eigenvalue weighted by Crippen LogP contribution is 2.31. The molecule has 0 radical (unpaired) electrons. The largest absolute Gasteiger partial charge is 0.366 e. The zero-order valence-corrected chi connectivity index (χ0v) is 18.2. The molecule has 4 nitrogen and oxygen atoms in total. The first kappa shape index (κ1) is 21.2. The first-order chi connectivity index (χ1) is 16.1. The van der Waals surface area contributed by atoms with Crippen LogP contribution in [0.2, 0.25) is 0 Å². The van der Waals surface area contributed by atoms with Crippen LogP contribution in [-0.2, 0) is 11.2 Å². The van der Waals surface area contributed by atoms with E-state index in [-0.39, 0.29) is 17.5 Å². The number of nitrogens with zero attached hydrogens (tertiary/aromatic N) is 2. The van der Waals surface area contributed by atoms with Crippen molar-refractivity contribution in [2.45, 2.75) is 12.8 Å². The van der Waals surface area contributed by atoms with Crippen molar-refractivity contribution in [1.82, 2.24) is 9.88 Å². The molecule has 1 aliphatic rings. The molecule has 168 valence electrons. The summed E-state index contributed by atoms with van der Waals surface area (Å²) in [6.07, 6.45) is 0.971. The summed E-state index contributed by atoms with van der Waals surface area (Å²) in [5, 5.41) is 1.08. The van der Waals surface area contributed by atoms with Gasteiger partial charge in [-0.1, -0.05) is 30.3 Å². The second-order valence-electron chi connectivity index (χ2n) is 8.35. The summed E-state index contributed by atoms with van der Waals surface area (Å²) in [6.45, 7) is 2.37. The van der Waals surface area contributed by atoms with Crippen LogP contribution in [0.25, 0.3) is 22.2 Å². The van der Waals surface area contributed by atoms with Crippen molar-refractivity contribution in [3.63, 3.8) is 0 Å². The molecule has 0 unspecified atom stereocenters. The maximum atomic E-state index is 14.1. The molecule has 33 heavy (non-hydrogen) atoms. The molecule has 0 spiro atoms. The SMILES string of the molecule is O=C(CCc1c(-c2ccc(F)cc2)[nH]c2ccccc12)N1CCN(c2ccccc2F)CC1. The molecule has 1 N–H and O–H groups in total. The van der Waals surface area contributed by atoms with E-state index in [2.05, 4.69) is 4.98 Å². The van der Waals surface area contributed by atoms with Crippen LogP contribution in [0.4, 0.5) is 14.5 Å². The van der Waals surface area contributed by atoms with Gasteiger partial charge in [0.2, 0.25) is 5.91 Å². The zero-order chi connectivity index (χ0) is 22.8. The number of fused-ring (bicyclic) bond motifs is 1. The summed E-state index contributed by atoms with van der Waals surface area (Å²) >= 11 is 0. The molecule has 3 aromatic carbocycles. The number of carbonyl (C=O) groups is 1. The normalized spacial score (nSPS) is 14.1. The van der Waals surface area contributed by atoms with Gasteiger partial charge in [0.1, 0.15) is 11.6 Å². The Morgan fingerprint density at radius 2 is 1.55 bits per heavy atom. The number of hydrogen-bond donors (Lipinski definition) is 1. The van der Waals surface area contributed by atoms with Gasteiger partial charge in [0.15, 0.2) is 0 Å². The lowest BCUT2D eigenvalue weighted by molar-refractivity contribution is -0.131. The van der Waals surface area contributed by atoms with Crippen LogP contribution in [-0.4, -0.2) is 42.0 Å². The number of nitrogens with one attached hydrogen (secondary N) is 1. The van der Waals surface area contributed by atoms with Gasteiger partial charge in [-0.3, -0.25) is 4.79 Å². The van der Waals surface area contributed by atoms with Gasteiger partial charge in [0.25, 0.3) is 0 Å². The minimum Gasteiger partial charge on any atom is -0.366 e. The fraction of sp³-hybridized carbons (Fsp3) is 0.222. The number of aryl methyl sites for hydroxylation is 1. The standard InChI is InChI=1S/C27H25F2N3O/c28-20-11-9-19(10-12-20)27-22(21-5-1-3-7-24(21)30-27)13-14-26(33)32-17-15-31(16-18-32)25-8-4-2-6-23(25)29/h1-12,30H,13-18H2. The molecular formula is C27H25F2N3O. The molecule has 4 aromatic rings. The average Bonchev–Trinajstić information content (AvgIpc) is 3.22. The predicted octanol–water partition coefficient (Wildman–Crippen LogP) is 5.39. The van der Waals surface area contributed by atoms with E-state index in [1.54, 1.807) is 24.3 Å². The van der Waals surface area contributed by atoms with E-state index >= 15 is 0 Å². The molecule has 0 aliphatic carbocycles. The summed E-state index contributed by atoms with van der Waals surface area (Å²) in [7, 11) is 0. The Bertz CT molecular complexity index is 1270. The van der Waals surface area contributed by atoms with Crippen molar-refractivity contribution >= 4 is 22.5 Å². The van der Waals surface area contributed by atoms with Crippen molar-refractivity contribution in [2.24, 2.45) is 0 Å². The molecule has 1 saturated heterocycles. The van der Waals surface area contributed by atoms with Crippen molar-refractivity contribution in [2.75, 3.05) is 31.1 Å². The molecule has 0 bridgehead atoms. The van der Waals surface area contributed by atoms with Crippen LogP contribution < -0.4 is 4.90 Å². The smallest absolute Gasteiger partial charge is 0.223 e. The van der Waals surface area contributed by atoms with E-state index in [1.807, 2.05) is 40.1 Å². The monoisotopic (exact) mass is 445 g/mol. The van der Waals surface area contributed by atoms with Crippen LogP contribution >= 0.6 is 0 Å². The maximum absolute atomic E-state index is 14.1. The van der Waals surface area contributed by atoms with Crippen LogP contribution in [0, 0.1) is 11.6 Å². The van der Waals surface area contributed by atoms with Gasteiger partial charge in [-0.25, -0.2) is 8.78 Å². The summed E-state index contributed by atoms with van der Waals surface area (Å²) < 4.78 is 27.5. The Morgan fingerprint density at radius 1 is 0.848 bits per heavy atom. The van der Waals surface area contributed by atoms with Gasteiger partial charge in [-0.2, -0.15) is 0 Å². The number of carbonyl (C=O) groups excluding carboxylic acids is 1. The van der Waals surface area contributed by atoms with Crippen LogP contribution in [0.15, 0.2) is 72.8 Å². The second-order valence-corrected chi connectivity index (χ2v) is 8.35. The Labute approximate surface area is 191 Å². The zero-order valence-electron chi connectivity index (χ0n) is 18.2. The highest BCUT2D eigenvalue weighted by atomic mass is 19.1. The third-order valence-corrected chi connectivity index (χ3v) is 6.36. The lowest BCUT2D eigenvalue weighted by atomic mass is 10.0. The molecule has 1 amide bonds. The average molecular weight is 446 g/mol. The summed E-state index contributed by atoms with van der Waals surface area (Å²) in [5.74, 6) is -0.412. The molecular weight excluding hydrogens is 420 g/mol. The Morgan fingerprint density at radius 3 is 2.30 bits per heavy atom. The van der Waals surface area contributed by atoms with Crippen molar-refractivity contribution in [1.29, 1.82) is 0 Å². The van der Waals surface area contributed by atoms with Gasteiger partial charge >= 0.3 is 0 Å². The first-order valence-corrected chi connectivity index (χ1v) is 11.2. The molecule has 5 rings (SSSR count). The summed E-state index contributed by atoms with van der Waals surface area (Å²) in [4.78, 5) is 20.3. The minimum absolute atomic E-state index is 0.0959. The van der Waals surface area contributed by atoms with E-state index < -0.39 is 0 Å². The highest BCUT2D eigenvalue weighted by Gasteiger charge is 2.23. The van der Waals surface area contributed by atoms with Gasteiger partial charge in [0, 0.05) is 49.2 Å². The highest BCUT2D eigenvalue weighted by molar-refractivity contribution is 5.91. The minimum atomic E-state index is -0.277. The van der Waals surface area contributed by atoms with Crippen LogP contribution in [0.1, 0.15) is 12.0 Å². The van der Waals surface area contributed by atoms with Crippen molar-refractivity contribution < 1.29 is 13.6 Å². The van der Waals surface area contributed by atoms with Crippen molar-refractivity contribution in [3.05, 3.63) is 90.0 Å². The molecule has 1 fully saturated rings. The number of benzene rings is 3. The third-order valence-electron chi connectivity index (χ3n) is 6.36. The molecule has 0 saturated carbocycles. The molecule has 2 heterocycles. The first-order valence-electron chi connectivity index (χ1n) is 11.2. The number of piperazine rings is 1. The lowest BCUT2D eigenvalue weighted by Gasteiger charge is -2.36. The number of hydrogen-bond acceptors (Lipinski definition) is 2. The Hall–Kier alpha value is -3.67. The Balaban J connectivity index is 1.29. The van der Waals surface area contributed by atoms with E-state index in [0.29, 0.717) is 44.7 Å². The van der Waals surface area contributed by atoms with E-state index in [4.69, 9.17) is 0 Å². The number of aromatic amines is 1. The van der Waals surface area contributed by atoms with Crippen molar-refractivity contribution in [3.8, 4) is 11.3 Å². The van der Waals surface area contributed by atoms with E-state index in [0.717, 1.165) is 27.7 Å². The quantitative estimate of drug-likeness (QED) is 0.447. The number of H-pyrrole nitrogens is 1. The van der Waals surface area contributed by atoms with Gasteiger partial charge in [0.05, 0.1) is 5.69 Å². The molecule has 1 aliphatic heterocycles. The second kappa shape index (κ2) is 9.06. The number of rotatable bonds is 5. The number of anilines is 1. The van der Waals surface area contributed by atoms with Crippen LogP contribution in [0.3, 0.4) is 0 Å². The lowest BCUT2D eigenvalue weighted by Crippen LogP contribution is -2.49. The summed E-state index contributed by atoms with van der Waals surface area (Å²) in [5.41, 5.74) is 4.47. The Kier molecular flexibility index (Phi) is 5.82. The number of para-hydroxylation sites is 2. The van der Waals surface area contributed by atoms with Gasteiger partial charge in [-0.05, 0) is 60.0 Å². The van der Waals surface area contributed by atoms with Crippen LogP contribution in [0.5, 0.6) is 0 Å². The van der Waals surface area contributed by atoms with Gasteiger partial charge in [-0.15, -0.1) is 0 Å². The summed E-state index contributed by atoms with van der Waals surface area (Å²) in [6, 6.07) is 21.2. The fourth-order valence-electron chi connectivity index (χ4n) is 4.62. The predicted molar refractivity (Wildman–Crippen MR) is 127 cm³/mol. The number of aromatic nitrogens is 1. The molecule has 6 heteroatoms.